The Bertz CT molecular complexity index is 911. The predicted molar refractivity (Wildman–Crippen MR) is 107 cm³/mol. The first kappa shape index (κ1) is 18.4. The molecule has 1 aliphatic heterocycles. The summed E-state index contributed by atoms with van der Waals surface area (Å²) in [6.07, 6.45) is 7.04. The Hall–Kier alpha value is -2.93. The van der Waals surface area contributed by atoms with Gasteiger partial charge in [0.25, 0.3) is 0 Å². The quantitative estimate of drug-likeness (QED) is 0.717. The number of hydrogen-bond acceptors (Lipinski definition) is 5. The number of aromatic nitrogens is 4. The number of rotatable bonds is 5. The van der Waals surface area contributed by atoms with Gasteiger partial charge in [-0.2, -0.15) is 0 Å². The average molecular weight is 397 g/mol. The molecule has 1 aromatic carbocycles. The van der Waals surface area contributed by atoms with Crippen molar-refractivity contribution in [2.24, 2.45) is 5.92 Å². The lowest BCUT2D eigenvalue weighted by Crippen LogP contribution is -2.43. The Kier molecular flexibility index (Phi) is 5.53. The lowest BCUT2D eigenvalue weighted by atomic mass is 9.97. The highest BCUT2D eigenvalue weighted by Gasteiger charge is 2.26. The van der Waals surface area contributed by atoms with Crippen LogP contribution in [0.25, 0.3) is 5.82 Å². The first-order chi connectivity index (χ1) is 13.7. The third kappa shape index (κ3) is 4.31. The van der Waals surface area contributed by atoms with Crippen molar-refractivity contribution in [3.05, 3.63) is 65.7 Å². The summed E-state index contributed by atoms with van der Waals surface area (Å²) >= 11 is 5.90. The van der Waals surface area contributed by atoms with Crippen molar-refractivity contribution in [3.8, 4) is 5.82 Å². The summed E-state index contributed by atoms with van der Waals surface area (Å²) in [6.45, 7) is 2.03. The second-order valence-electron chi connectivity index (χ2n) is 6.85. The van der Waals surface area contributed by atoms with Crippen LogP contribution in [0.1, 0.15) is 18.4 Å². The standard InChI is InChI=1S/C20H21ClN6O/c21-17-5-3-15(4-6-17)12-23-20(28)16-2-1-10-26(13-16)18-7-8-19(25-24-18)27-11-9-22-14-27/h3-9,11,14,16H,1-2,10,12-13H2,(H,23,28). The molecule has 0 radical (unpaired) electrons. The van der Waals surface area contributed by atoms with Crippen LogP contribution in [0.3, 0.4) is 0 Å². The van der Waals surface area contributed by atoms with E-state index in [-0.39, 0.29) is 11.8 Å². The van der Waals surface area contributed by atoms with Crippen molar-refractivity contribution in [3.63, 3.8) is 0 Å². The van der Waals surface area contributed by atoms with Crippen LogP contribution in [0, 0.1) is 5.92 Å². The van der Waals surface area contributed by atoms with Gasteiger partial charge in [0.1, 0.15) is 6.33 Å². The highest BCUT2D eigenvalue weighted by molar-refractivity contribution is 6.30. The van der Waals surface area contributed by atoms with E-state index in [9.17, 15) is 4.79 Å². The van der Waals surface area contributed by atoms with E-state index < -0.39 is 0 Å². The van der Waals surface area contributed by atoms with Gasteiger partial charge in [-0.25, -0.2) is 4.98 Å². The Morgan fingerprint density at radius 3 is 2.64 bits per heavy atom. The number of benzene rings is 1. The van der Waals surface area contributed by atoms with Gasteiger partial charge in [0.15, 0.2) is 11.6 Å². The van der Waals surface area contributed by atoms with Gasteiger partial charge in [0.2, 0.25) is 5.91 Å². The molecule has 0 saturated carbocycles. The van der Waals surface area contributed by atoms with E-state index >= 15 is 0 Å². The van der Waals surface area contributed by atoms with Crippen LogP contribution in [0.4, 0.5) is 5.82 Å². The summed E-state index contributed by atoms with van der Waals surface area (Å²) < 4.78 is 1.81. The molecule has 0 spiro atoms. The third-order valence-electron chi connectivity index (χ3n) is 4.90. The summed E-state index contributed by atoms with van der Waals surface area (Å²) in [6, 6.07) is 11.4. The number of hydrogen-bond donors (Lipinski definition) is 1. The number of nitrogens with zero attached hydrogens (tertiary/aromatic N) is 5. The number of amides is 1. The number of carbonyl (C=O) groups is 1. The predicted octanol–water partition coefficient (Wildman–Crippen LogP) is 2.85. The van der Waals surface area contributed by atoms with Crippen LogP contribution in [-0.4, -0.2) is 38.7 Å². The normalized spacial score (nSPS) is 16.8. The molecule has 1 N–H and O–H groups in total. The molecular weight excluding hydrogens is 376 g/mol. The van der Waals surface area contributed by atoms with Crippen LogP contribution < -0.4 is 10.2 Å². The van der Waals surface area contributed by atoms with Crippen molar-refractivity contribution >= 4 is 23.3 Å². The molecule has 4 rings (SSSR count). The van der Waals surface area contributed by atoms with Gasteiger partial charge in [-0.05, 0) is 42.7 Å². The number of halogens is 1. The first-order valence-electron chi connectivity index (χ1n) is 9.28. The molecule has 1 atom stereocenters. The van der Waals surface area contributed by atoms with Gasteiger partial charge in [-0.1, -0.05) is 23.7 Å². The van der Waals surface area contributed by atoms with E-state index in [2.05, 4.69) is 25.4 Å². The summed E-state index contributed by atoms with van der Waals surface area (Å²) in [7, 11) is 0. The van der Waals surface area contributed by atoms with Gasteiger partial charge in [-0.15, -0.1) is 10.2 Å². The zero-order valence-electron chi connectivity index (χ0n) is 15.3. The summed E-state index contributed by atoms with van der Waals surface area (Å²) in [5.74, 6) is 1.52. The van der Waals surface area contributed by atoms with E-state index in [1.54, 1.807) is 17.1 Å². The van der Waals surface area contributed by atoms with Crippen LogP contribution in [0.5, 0.6) is 0 Å². The van der Waals surface area contributed by atoms with Gasteiger partial charge < -0.3 is 10.2 Å². The molecule has 8 heteroatoms. The largest absolute Gasteiger partial charge is 0.354 e. The maximum Gasteiger partial charge on any atom is 0.225 e. The first-order valence-corrected chi connectivity index (χ1v) is 9.66. The summed E-state index contributed by atoms with van der Waals surface area (Å²) in [4.78, 5) is 18.8. The monoisotopic (exact) mass is 396 g/mol. The average Bonchev–Trinajstić information content (AvgIpc) is 3.28. The Balaban J connectivity index is 1.35. The fourth-order valence-electron chi connectivity index (χ4n) is 3.35. The molecule has 7 nitrogen and oxygen atoms in total. The molecule has 28 heavy (non-hydrogen) atoms. The highest BCUT2D eigenvalue weighted by Crippen LogP contribution is 2.22. The number of anilines is 1. The molecule has 1 fully saturated rings. The maximum absolute atomic E-state index is 12.6. The fourth-order valence-corrected chi connectivity index (χ4v) is 3.48. The maximum atomic E-state index is 12.6. The molecule has 1 unspecified atom stereocenters. The second-order valence-corrected chi connectivity index (χ2v) is 7.29. The van der Waals surface area contributed by atoms with E-state index in [1.165, 1.54) is 0 Å². The van der Waals surface area contributed by atoms with Crippen LogP contribution in [0.2, 0.25) is 5.02 Å². The van der Waals surface area contributed by atoms with E-state index in [1.807, 2.05) is 42.6 Å². The van der Waals surface area contributed by atoms with Crippen molar-refractivity contribution in [2.45, 2.75) is 19.4 Å². The van der Waals surface area contributed by atoms with Crippen molar-refractivity contribution in [1.82, 2.24) is 25.1 Å². The van der Waals surface area contributed by atoms with Crippen LogP contribution >= 0.6 is 11.6 Å². The highest BCUT2D eigenvalue weighted by atomic mass is 35.5. The zero-order chi connectivity index (χ0) is 19.3. The third-order valence-corrected chi connectivity index (χ3v) is 5.15. The lowest BCUT2D eigenvalue weighted by Gasteiger charge is -2.32. The molecule has 0 bridgehead atoms. The van der Waals surface area contributed by atoms with Gasteiger partial charge >= 0.3 is 0 Å². The molecule has 3 aromatic rings. The van der Waals surface area contributed by atoms with E-state index in [0.29, 0.717) is 18.1 Å². The molecule has 1 aliphatic rings. The van der Waals surface area contributed by atoms with Gasteiger partial charge in [0.05, 0.1) is 5.92 Å². The number of nitrogens with one attached hydrogen (secondary N) is 1. The molecule has 3 heterocycles. The topological polar surface area (TPSA) is 75.9 Å². The number of imidazole rings is 1. The SMILES string of the molecule is O=C(NCc1ccc(Cl)cc1)C1CCCN(c2ccc(-n3ccnc3)nn2)C1. The van der Waals surface area contributed by atoms with E-state index in [4.69, 9.17) is 11.6 Å². The lowest BCUT2D eigenvalue weighted by molar-refractivity contribution is -0.125. The smallest absolute Gasteiger partial charge is 0.225 e. The molecule has 1 saturated heterocycles. The molecular formula is C20H21ClN6O. The van der Waals surface area contributed by atoms with Gasteiger partial charge in [0, 0.05) is 37.1 Å². The number of carbonyl (C=O) groups excluding carboxylic acids is 1. The molecule has 144 valence electrons. The van der Waals surface area contributed by atoms with Crippen LogP contribution in [0.15, 0.2) is 55.1 Å². The van der Waals surface area contributed by atoms with Crippen LogP contribution in [-0.2, 0) is 11.3 Å². The number of piperidine rings is 1. The Morgan fingerprint density at radius 2 is 1.93 bits per heavy atom. The van der Waals surface area contributed by atoms with Crippen molar-refractivity contribution in [2.75, 3.05) is 18.0 Å². The minimum atomic E-state index is -0.0591. The Morgan fingerprint density at radius 1 is 1.14 bits per heavy atom. The van der Waals surface area contributed by atoms with E-state index in [0.717, 1.165) is 36.6 Å². The molecule has 2 aromatic heterocycles. The van der Waals surface area contributed by atoms with Crippen molar-refractivity contribution in [1.29, 1.82) is 0 Å². The summed E-state index contributed by atoms with van der Waals surface area (Å²) in [5.41, 5.74) is 1.03. The van der Waals surface area contributed by atoms with Crippen molar-refractivity contribution < 1.29 is 4.79 Å². The minimum Gasteiger partial charge on any atom is -0.354 e. The molecule has 0 aliphatic carbocycles. The molecule has 1 amide bonds. The zero-order valence-corrected chi connectivity index (χ0v) is 16.1. The van der Waals surface area contributed by atoms with Gasteiger partial charge in [-0.3, -0.25) is 9.36 Å². The minimum absolute atomic E-state index is 0.0591. The second kappa shape index (κ2) is 8.39. The Labute approximate surface area is 168 Å². The summed E-state index contributed by atoms with van der Waals surface area (Å²) in [5, 5.41) is 12.3. The fraction of sp³-hybridized carbons (Fsp3) is 0.300.